The minimum absolute atomic E-state index is 0.117. The number of fused-ring (bicyclic) bond motifs is 2. The van der Waals surface area contributed by atoms with Gasteiger partial charge in [0.05, 0.1) is 22.8 Å². The van der Waals surface area contributed by atoms with E-state index in [2.05, 4.69) is 80.8 Å². The van der Waals surface area contributed by atoms with Gasteiger partial charge in [-0.1, -0.05) is 31.4 Å². The summed E-state index contributed by atoms with van der Waals surface area (Å²) in [5, 5.41) is 13.7. The predicted octanol–water partition coefficient (Wildman–Crippen LogP) is 6.31. The molecule has 0 aliphatic heterocycles. The van der Waals surface area contributed by atoms with Crippen LogP contribution in [-0.4, -0.2) is 24.7 Å². The molecule has 3 aromatic heterocycles. The van der Waals surface area contributed by atoms with Crippen LogP contribution in [0.4, 0.5) is 5.69 Å². The smallest absolute Gasteiger partial charge is 0.0966 e. The van der Waals surface area contributed by atoms with Crippen LogP contribution in [0.2, 0.25) is 0 Å². The Morgan fingerprint density at radius 2 is 1.82 bits per heavy atom. The van der Waals surface area contributed by atoms with E-state index in [-0.39, 0.29) is 6.04 Å². The third kappa shape index (κ3) is 3.89. The Bertz CT molecular complexity index is 1440. The molecule has 1 unspecified atom stereocenters. The Labute approximate surface area is 199 Å². The van der Waals surface area contributed by atoms with Crippen LogP contribution < -0.4 is 5.32 Å². The van der Waals surface area contributed by atoms with E-state index < -0.39 is 0 Å². The van der Waals surface area contributed by atoms with Crippen molar-refractivity contribution < 1.29 is 0 Å². The molecule has 0 spiro atoms. The number of rotatable bonds is 5. The third-order valence-electron chi connectivity index (χ3n) is 7.13. The third-order valence-corrected chi connectivity index (χ3v) is 7.13. The zero-order chi connectivity index (χ0) is 22.9. The largest absolute Gasteiger partial charge is 0.376 e. The van der Waals surface area contributed by atoms with Crippen molar-refractivity contribution in [1.82, 2.24) is 24.7 Å². The fourth-order valence-electron chi connectivity index (χ4n) is 5.37. The maximum absolute atomic E-state index is 4.70. The number of aryl methyl sites for hydroxylation is 1. The highest BCUT2D eigenvalue weighted by molar-refractivity contribution is 5.97. The summed E-state index contributed by atoms with van der Waals surface area (Å²) in [4.78, 5) is 9.35. The molecule has 6 heteroatoms. The zero-order valence-electron chi connectivity index (χ0n) is 19.4. The molecular formula is C28H28N6. The second-order valence-electron chi connectivity index (χ2n) is 9.32. The fraction of sp³-hybridized carbons (Fsp3) is 0.286. The molecule has 0 saturated heterocycles. The van der Waals surface area contributed by atoms with Crippen LogP contribution >= 0.6 is 0 Å². The first kappa shape index (κ1) is 20.8. The number of anilines is 1. The summed E-state index contributed by atoms with van der Waals surface area (Å²) in [5.41, 5.74) is 7.26. The summed E-state index contributed by atoms with van der Waals surface area (Å²) in [6.45, 7) is 0. The summed E-state index contributed by atoms with van der Waals surface area (Å²) in [6.07, 6.45) is 13.6. The van der Waals surface area contributed by atoms with Gasteiger partial charge in [0.25, 0.3) is 0 Å². The van der Waals surface area contributed by atoms with Gasteiger partial charge in [0.1, 0.15) is 0 Å². The van der Waals surface area contributed by atoms with Gasteiger partial charge in [-0.05, 0) is 66.1 Å². The average molecular weight is 449 g/mol. The van der Waals surface area contributed by atoms with Crippen molar-refractivity contribution in [3.05, 3.63) is 79.0 Å². The van der Waals surface area contributed by atoms with Gasteiger partial charge >= 0.3 is 0 Å². The van der Waals surface area contributed by atoms with E-state index in [1.807, 2.05) is 6.07 Å². The van der Waals surface area contributed by atoms with E-state index >= 15 is 0 Å². The number of hydrogen-bond acceptors (Lipinski definition) is 5. The molecule has 1 fully saturated rings. The normalized spacial score (nSPS) is 15.6. The standard InChI is InChI=1S/C28H28N6/c1-34-15-11-19-9-10-21(16-26(19)34)23-17-22(18-25-28(23)30-14-13-29-25)32-27(20-6-3-2-4-7-20)24-8-5-12-31-33-24/h5,8-18,20,27,32H,2-4,6-7H2,1H3. The molecule has 1 aliphatic rings. The molecule has 1 saturated carbocycles. The van der Waals surface area contributed by atoms with Crippen LogP contribution in [0.15, 0.2) is 73.3 Å². The summed E-state index contributed by atoms with van der Waals surface area (Å²) in [7, 11) is 2.08. The number of benzene rings is 2. The molecule has 1 N–H and O–H groups in total. The van der Waals surface area contributed by atoms with Crippen LogP contribution in [0.3, 0.4) is 0 Å². The Morgan fingerprint density at radius 1 is 0.941 bits per heavy atom. The van der Waals surface area contributed by atoms with E-state index in [4.69, 9.17) is 4.98 Å². The van der Waals surface area contributed by atoms with E-state index in [0.717, 1.165) is 33.5 Å². The van der Waals surface area contributed by atoms with Gasteiger partial charge in [-0.25, -0.2) is 0 Å². The maximum atomic E-state index is 4.70. The Kier molecular flexibility index (Phi) is 5.41. The van der Waals surface area contributed by atoms with Crippen molar-refractivity contribution in [2.45, 2.75) is 38.1 Å². The number of hydrogen-bond donors (Lipinski definition) is 1. The van der Waals surface area contributed by atoms with Crippen molar-refractivity contribution >= 4 is 27.6 Å². The SMILES string of the molecule is Cn1ccc2ccc(-c3cc(NC(c4cccnn4)C4CCCCC4)cc4nccnc34)cc21. The Morgan fingerprint density at radius 3 is 2.68 bits per heavy atom. The molecule has 6 nitrogen and oxygen atoms in total. The first-order valence-electron chi connectivity index (χ1n) is 12.1. The van der Waals surface area contributed by atoms with Crippen LogP contribution in [0.1, 0.15) is 43.8 Å². The quantitative estimate of drug-likeness (QED) is 0.341. The lowest BCUT2D eigenvalue weighted by Crippen LogP contribution is -2.24. The average Bonchev–Trinajstić information content (AvgIpc) is 3.27. The highest BCUT2D eigenvalue weighted by Crippen LogP contribution is 2.38. The van der Waals surface area contributed by atoms with E-state index in [0.29, 0.717) is 5.92 Å². The Balaban J connectivity index is 1.45. The van der Waals surface area contributed by atoms with Crippen molar-refractivity contribution in [3.8, 4) is 11.1 Å². The minimum Gasteiger partial charge on any atom is -0.376 e. The lowest BCUT2D eigenvalue weighted by molar-refractivity contribution is 0.317. The summed E-state index contributed by atoms with van der Waals surface area (Å²) < 4.78 is 2.15. The van der Waals surface area contributed by atoms with Crippen molar-refractivity contribution in [3.63, 3.8) is 0 Å². The summed E-state index contributed by atoms with van der Waals surface area (Å²) in [6, 6.07) is 17.2. The Hall–Kier alpha value is -3.80. The highest BCUT2D eigenvalue weighted by Gasteiger charge is 2.27. The van der Waals surface area contributed by atoms with Gasteiger partial charge in [-0.2, -0.15) is 10.2 Å². The molecule has 1 aliphatic carbocycles. The molecule has 3 heterocycles. The van der Waals surface area contributed by atoms with E-state index in [1.165, 1.54) is 43.0 Å². The van der Waals surface area contributed by atoms with Gasteiger partial charge in [-0.3, -0.25) is 9.97 Å². The van der Waals surface area contributed by atoms with Crippen molar-refractivity contribution in [2.24, 2.45) is 13.0 Å². The predicted molar refractivity (Wildman–Crippen MR) is 136 cm³/mol. The monoisotopic (exact) mass is 448 g/mol. The molecule has 0 radical (unpaired) electrons. The van der Waals surface area contributed by atoms with Gasteiger partial charge < -0.3 is 9.88 Å². The zero-order valence-corrected chi connectivity index (χ0v) is 19.4. The summed E-state index contributed by atoms with van der Waals surface area (Å²) in [5.74, 6) is 0.533. The molecule has 6 rings (SSSR count). The molecule has 5 aromatic rings. The number of aromatic nitrogens is 5. The van der Waals surface area contributed by atoms with Gasteiger partial charge in [0, 0.05) is 48.6 Å². The second-order valence-corrected chi connectivity index (χ2v) is 9.32. The van der Waals surface area contributed by atoms with Crippen LogP contribution in [0.5, 0.6) is 0 Å². The van der Waals surface area contributed by atoms with Crippen LogP contribution in [-0.2, 0) is 7.05 Å². The maximum Gasteiger partial charge on any atom is 0.0966 e. The lowest BCUT2D eigenvalue weighted by Gasteiger charge is -2.31. The number of nitrogens with one attached hydrogen (secondary N) is 1. The highest BCUT2D eigenvalue weighted by atomic mass is 15.1. The fourth-order valence-corrected chi connectivity index (χ4v) is 5.37. The van der Waals surface area contributed by atoms with Crippen LogP contribution in [0, 0.1) is 5.92 Å². The lowest BCUT2D eigenvalue weighted by atomic mass is 9.82. The summed E-state index contributed by atoms with van der Waals surface area (Å²) >= 11 is 0. The van der Waals surface area contributed by atoms with Crippen molar-refractivity contribution in [2.75, 3.05) is 5.32 Å². The van der Waals surface area contributed by atoms with Gasteiger partial charge in [0.2, 0.25) is 0 Å². The molecule has 1 atom stereocenters. The van der Waals surface area contributed by atoms with Crippen molar-refractivity contribution in [1.29, 1.82) is 0 Å². The topological polar surface area (TPSA) is 68.5 Å². The van der Waals surface area contributed by atoms with Gasteiger partial charge in [0.15, 0.2) is 0 Å². The molecular weight excluding hydrogens is 420 g/mol. The van der Waals surface area contributed by atoms with Gasteiger partial charge in [-0.15, -0.1) is 0 Å². The molecule has 34 heavy (non-hydrogen) atoms. The molecule has 2 aromatic carbocycles. The minimum atomic E-state index is 0.117. The van der Waals surface area contributed by atoms with E-state index in [1.54, 1.807) is 18.6 Å². The van der Waals surface area contributed by atoms with Crippen LogP contribution in [0.25, 0.3) is 33.1 Å². The molecule has 0 amide bonds. The van der Waals surface area contributed by atoms with E-state index in [9.17, 15) is 0 Å². The molecule has 170 valence electrons. The first-order valence-corrected chi connectivity index (χ1v) is 12.1. The first-order chi connectivity index (χ1) is 16.8. The second kappa shape index (κ2) is 8.86. The molecule has 0 bridgehead atoms. The number of nitrogens with zero attached hydrogens (tertiary/aromatic N) is 5.